The summed E-state index contributed by atoms with van der Waals surface area (Å²) >= 11 is 1.97. The zero-order valence-corrected chi connectivity index (χ0v) is 13.3. The number of thioether (sulfide) groups is 1. The number of benzene rings is 1. The summed E-state index contributed by atoms with van der Waals surface area (Å²) in [6.45, 7) is 2.25. The normalized spacial score (nSPS) is 31.4. The van der Waals surface area contributed by atoms with E-state index >= 15 is 0 Å². The SMILES string of the molecule is CC1=CCC[C@]2(CC=O)C=CC[C@@H](Sc3ccccc3)[C@H]12. The van der Waals surface area contributed by atoms with Gasteiger partial charge in [0, 0.05) is 27.9 Å². The Balaban J connectivity index is 1.91. The van der Waals surface area contributed by atoms with Crippen molar-refractivity contribution in [2.24, 2.45) is 11.3 Å². The molecular formula is C19H22OS. The number of fused-ring (bicyclic) bond motifs is 1. The van der Waals surface area contributed by atoms with Crippen LogP contribution in [0.5, 0.6) is 0 Å². The molecule has 3 atom stereocenters. The lowest BCUT2D eigenvalue weighted by Gasteiger charge is -2.47. The monoisotopic (exact) mass is 298 g/mol. The van der Waals surface area contributed by atoms with Crippen molar-refractivity contribution in [3.8, 4) is 0 Å². The Labute approximate surface area is 131 Å². The van der Waals surface area contributed by atoms with Crippen LogP contribution in [-0.4, -0.2) is 11.5 Å². The Hall–Kier alpha value is -1.28. The van der Waals surface area contributed by atoms with E-state index in [0.29, 0.717) is 17.6 Å². The van der Waals surface area contributed by atoms with Crippen LogP contribution in [0, 0.1) is 11.3 Å². The van der Waals surface area contributed by atoms with Crippen LogP contribution in [0.3, 0.4) is 0 Å². The molecule has 0 bridgehead atoms. The Kier molecular flexibility index (Phi) is 4.34. The second-order valence-corrected chi connectivity index (χ2v) is 7.49. The summed E-state index contributed by atoms with van der Waals surface area (Å²) in [4.78, 5) is 12.6. The van der Waals surface area contributed by atoms with E-state index in [9.17, 15) is 4.79 Å². The van der Waals surface area contributed by atoms with Crippen LogP contribution in [0.15, 0.2) is 59.0 Å². The molecule has 1 aromatic carbocycles. The number of carbonyl (C=O) groups excluding carboxylic acids is 1. The molecule has 0 spiro atoms. The third-order valence-electron chi connectivity index (χ3n) is 4.87. The number of allylic oxidation sites excluding steroid dienone is 4. The molecule has 3 rings (SSSR count). The van der Waals surface area contributed by atoms with Crippen LogP contribution in [0.2, 0.25) is 0 Å². The van der Waals surface area contributed by atoms with E-state index in [2.05, 4.69) is 55.5 Å². The third-order valence-corrected chi connectivity index (χ3v) is 6.18. The minimum Gasteiger partial charge on any atom is -0.303 e. The maximum absolute atomic E-state index is 11.2. The van der Waals surface area contributed by atoms with E-state index in [4.69, 9.17) is 0 Å². The quantitative estimate of drug-likeness (QED) is 0.572. The average molecular weight is 298 g/mol. The summed E-state index contributed by atoms with van der Waals surface area (Å²) in [6, 6.07) is 10.6. The molecule has 0 N–H and O–H groups in total. The van der Waals surface area contributed by atoms with E-state index in [-0.39, 0.29) is 5.41 Å². The van der Waals surface area contributed by atoms with Crippen molar-refractivity contribution in [3.05, 3.63) is 54.1 Å². The maximum Gasteiger partial charge on any atom is 0.120 e. The number of hydrogen-bond donors (Lipinski definition) is 0. The fourth-order valence-electron chi connectivity index (χ4n) is 3.97. The van der Waals surface area contributed by atoms with Gasteiger partial charge in [-0.15, -0.1) is 11.8 Å². The molecular weight excluding hydrogens is 276 g/mol. The molecule has 0 radical (unpaired) electrons. The van der Waals surface area contributed by atoms with Crippen LogP contribution in [0.4, 0.5) is 0 Å². The van der Waals surface area contributed by atoms with Gasteiger partial charge in [0.1, 0.15) is 6.29 Å². The minimum absolute atomic E-state index is 0.0608. The Morgan fingerprint density at radius 3 is 2.90 bits per heavy atom. The second-order valence-electron chi connectivity index (χ2n) is 6.18. The van der Waals surface area contributed by atoms with Crippen molar-refractivity contribution in [1.29, 1.82) is 0 Å². The van der Waals surface area contributed by atoms with Crippen LogP contribution in [0.1, 0.15) is 32.6 Å². The highest BCUT2D eigenvalue weighted by atomic mass is 32.2. The smallest absolute Gasteiger partial charge is 0.120 e. The van der Waals surface area contributed by atoms with Crippen molar-refractivity contribution in [3.63, 3.8) is 0 Å². The van der Waals surface area contributed by atoms with Gasteiger partial charge in [-0.3, -0.25) is 0 Å². The summed E-state index contributed by atoms with van der Waals surface area (Å²) in [5.41, 5.74) is 1.53. The Morgan fingerprint density at radius 1 is 1.33 bits per heavy atom. The first-order valence-electron chi connectivity index (χ1n) is 7.75. The van der Waals surface area contributed by atoms with Gasteiger partial charge in [-0.2, -0.15) is 0 Å². The first kappa shape index (κ1) is 14.6. The molecule has 0 unspecified atom stereocenters. The fraction of sp³-hybridized carbons (Fsp3) is 0.421. The van der Waals surface area contributed by atoms with Crippen molar-refractivity contribution in [2.45, 2.75) is 42.8 Å². The largest absolute Gasteiger partial charge is 0.303 e. The molecule has 0 aromatic heterocycles. The van der Waals surface area contributed by atoms with Gasteiger partial charge in [0.15, 0.2) is 0 Å². The van der Waals surface area contributed by atoms with E-state index in [1.54, 1.807) is 0 Å². The van der Waals surface area contributed by atoms with Gasteiger partial charge < -0.3 is 4.79 Å². The molecule has 0 saturated heterocycles. The number of aldehydes is 1. The second kappa shape index (κ2) is 6.23. The van der Waals surface area contributed by atoms with Crippen LogP contribution >= 0.6 is 11.8 Å². The molecule has 1 aromatic rings. The van der Waals surface area contributed by atoms with Gasteiger partial charge >= 0.3 is 0 Å². The summed E-state index contributed by atoms with van der Waals surface area (Å²) < 4.78 is 0. The summed E-state index contributed by atoms with van der Waals surface area (Å²) in [5.74, 6) is 0.492. The fourth-order valence-corrected chi connectivity index (χ4v) is 5.46. The van der Waals surface area contributed by atoms with Crippen LogP contribution < -0.4 is 0 Å². The van der Waals surface area contributed by atoms with E-state index in [0.717, 1.165) is 25.5 Å². The van der Waals surface area contributed by atoms with Crippen molar-refractivity contribution >= 4 is 18.0 Å². The van der Waals surface area contributed by atoms with Crippen LogP contribution in [0.25, 0.3) is 0 Å². The molecule has 0 amide bonds. The van der Waals surface area contributed by atoms with E-state index in [1.165, 1.54) is 10.5 Å². The lowest BCUT2D eigenvalue weighted by molar-refractivity contribution is -0.110. The van der Waals surface area contributed by atoms with Crippen molar-refractivity contribution in [1.82, 2.24) is 0 Å². The highest BCUT2D eigenvalue weighted by Crippen LogP contribution is 2.53. The molecule has 1 nitrogen and oxygen atoms in total. The molecule has 2 aliphatic carbocycles. The topological polar surface area (TPSA) is 17.1 Å². The zero-order chi connectivity index (χ0) is 14.7. The first-order chi connectivity index (χ1) is 10.2. The molecule has 2 aliphatic rings. The molecule has 110 valence electrons. The van der Waals surface area contributed by atoms with Gasteiger partial charge in [-0.1, -0.05) is 42.0 Å². The van der Waals surface area contributed by atoms with Gasteiger partial charge in [0.25, 0.3) is 0 Å². The number of carbonyl (C=O) groups is 1. The van der Waals surface area contributed by atoms with Crippen molar-refractivity contribution in [2.75, 3.05) is 0 Å². The zero-order valence-electron chi connectivity index (χ0n) is 12.5. The summed E-state index contributed by atoms with van der Waals surface area (Å²) in [5, 5.41) is 0.536. The molecule has 0 fully saturated rings. The van der Waals surface area contributed by atoms with Gasteiger partial charge in [-0.05, 0) is 38.3 Å². The Morgan fingerprint density at radius 2 is 2.14 bits per heavy atom. The Bertz CT molecular complexity index is 560. The molecule has 2 heteroatoms. The van der Waals surface area contributed by atoms with Gasteiger partial charge in [0.05, 0.1) is 0 Å². The molecule has 0 heterocycles. The number of rotatable bonds is 4. The first-order valence-corrected chi connectivity index (χ1v) is 8.63. The summed E-state index contributed by atoms with van der Waals surface area (Å²) in [7, 11) is 0. The van der Waals surface area contributed by atoms with Crippen LogP contribution in [-0.2, 0) is 4.79 Å². The van der Waals surface area contributed by atoms with Crippen molar-refractivity contribution < 1.29 is 4.79 Å². The van der Waals surface area contributed by atoms with E-state index < -0.39 is 0 Å². The average Bonchev–Trinajstić information content (AvgIpc) is 2.48. The van der Waals surface area contributed by atoms with E-state index in [1.807, 2.05) is 11.8 Å². The number of hydrogen-bond acceptors (Lipinski definition) is 2. The highest BCUT2D eigenvalue weighted by Gasteiger charge is 2.44. The molecule has 0 saturated carbocycles. The molecule has 0 aliphatic heterocycles. The minimum atomic E-state index is 0.0608. The predicted octanol–water partition coefficient (Wildman–Crippen LogP) is 5.04. The predicted molar refractivity (Wildman–Crippen MR) is 89.4 cm³/mol. The standard InChI is InChI=1S/C19H22OS/c1-15-7-5-11-19(13-14-20)12-6-10-17(18(15)19)21-16-8-3-2-4-9-16/h2-4,6-9,12,14,17-18H,5,10-11,13H2,1H3/t17-,18+,19-/m1/s1. The highest BCUT2D eigenvalue weighted by molar-refractivity contribution is 8.00. The van der Waals surface area contributed by atoms with Gasteiger partial charge in [-0.25, -0.2) is 0 Å². The maximum atomic E-state index is 11.2. The molecule has 21 heavy (non-hydrogen) atoms. The summed E-state index contributed by atoms with van der Waals surface area (Å²) in [6.07, 6.45) is 12.1. The lowest BCUT2D eigenvalue weighted by atomic mass is 9.60. The van der Waals surface area contributed by atoms with Gasteiger partial charge in [0.2, 0.25) is 0 Å². The lowest BCUT2D eigenvalue weighted by Crippen LogP contribution is -2.41. The third kappa shape index (κ3) is 2.87.